The first-order valence-electron chi connectivity index (χ1n) is 10.3. The number of carboxylic acid groups (broad SMARTS) is 1. The number of aromatic amines is 1. The number of hydrogen-bond acceptors (Lipinski definition) is 6. The monoisotopic (exact) mass is 453 g/mol. The molecule has 0 atom stereocenters. The molecule has 8 nitrogen and oxygen atoms in total. The zero-order chi connectivity index (χ0) is 22.8. The van der Waals surface area contributed by atoms with Crippen molar-refractivity contribution in [3.8, 4) is 5.75 Å². The number of fused-ring (bicyclic) bond motifs is 1. The number of rotatable bonds is 6. The number of benzene rings is 1. The molecule has 0 unspecified atom stereocenters. The Morgan fingerprint density at radius 2 is 1.91 bits per heavy atom. The van der Waals surface area contributed by atoms with Crippen molar-refractivity contribution in [1.29, 1.82) is 0 Å². The Hall–Kier alpha value is -3.46. The van der Waals surface area contributed by atoms with Gasteiger partial charge in [0.1, 0.15) is 16.4 Å². The molecule has 1 saturated heterocycles. The van der Waals surface area contributed by atoms with Crippen LogP contribution in [0.25, 0.3) is 21.9 Å². The van der Waals surface area contributed by atoms with E-state index in [1.807, 2.05) is 13.8 Å². The summed E-state index contributed by atoms with van der Waals surface area (Å²) in [6.45, 7) is 4.74. The summed E-state index contributed by atoms with van der Waals surface area (Å²) >= 11 is 1.44. The number of carbonyl (C=O) groups excluding carboxylic acids is 1. The van der Waals surface area contributed by atoms with Crippen molar-refractivity contribution in [2.75, 3.05) is 19.7 Å². The van der Waals surface area contributed by atoms with Gasteiger partial charge in [-0.15, -0.1) is 11.3 Å². The Kier molecular flexibility index (Phi) is 6.09. The van der Waals surface area contributed by atoms with Crippen molar-refractivity contribution in [2.45, 2.75) is 26.7 Å². The van der Waals surface area contributed by atoms with Gasteiger partial charge in [0, 0.05) is 18.0 Å². The number of carbonyl (C=O) groups is 2. The first-order chi connectivity index (χ1) is 15.3. The number of nitrogens with zero attached hydrogens (tertiary/aromatic N) is 2. The molecule has 1 aromatic carbocycles. The van der Waals surface area contributed by atoms with Crippen molar-refractivity contribution in [3.63, 3.8) is 0 Å². The molecule has 9 heteroatoms. The summed E-state index contributed by atoms with van der Waals surface area (Å²) in [7, 11) is 0. The molecular formula is C23H23N3O5S. The number of ether oxygens (including phenoxy) is 1. The van der Waals surface area contributed by atoms with E-state index in [1.165, 1.54) is 11.3 Å². The van der Waals surface area contributed by atoms with Crippen LogP contribution < -0.4 is 10.3 Å². The van der Waals surface area contributed by atoms with Gasteiger partial charge in [-0.1, -0.05) is 12.1 Å². The summed E-state index contributed by atoms with van der Waals surface area (Å²) in [6, 6.07) is 6.73. The molecule has 1 fully saturated rings. The van der Waals surface area contributed by atoms with Crippen LogP contribution in [0.2, 0.25) is 0 Å². The van der Waals surface area contributed by atoms with E-state index in [-0.39, 0.29) is 17.3 Å². The fourth-order valence-corrected chi connectivity index (χ4v) is 4.71. The first-order valence-corrected chi connectivity index (χ1v) is 11.1. The van der Waals surface area contributed by atoms with Gasteiger partial charge in [0.05, 0.1) is 11.0 Å². The van der Waals surface area contributed by atoms with Crippen molar-refractivity contribution >= 4 is 45.1 Å². The highest BCUT2D eigenvalue weighted by Gasteiger charge is 2.25. The average molecular weight is 454 g/mol. The summed E-state index contributed by atoms with van der Waals surface area (Å²) in [6.07, 6.45) is 3.58. The fourth-order valence-electron chi connectivity index (χ4n) is 3.68. The zero-order valence-electron chi connectivity index (χ0n) is 17.8. The highest BCUT2D eigenvalue weighted by atomic mass is 32.1. The quantitative estimate of drug-likeness (QED) is 0.554. The van der Waals surface area contributed by atoms with E-state index in [0.717, 1.165) is 23.3 Å². The third-order valence-corrected chi connectivity index (χ3v) is 6.57. The molecular weight excluding hydrogens is 430 g/mol. The van der Waals surface area contributed by atoms with Gasteiger partial charge in [0.15, 0.2) is 6.61 Å². The molecule has 32 heavy (non-hydrogen) atoms. The predicted octanol–water partition coefficient (Wildman–Crippen LogP) is 3.23. The Labute approximate surface area is 188 Å². The van der Waals surface area contributed by atoms with Crippen LogP contribution in [-0.4, -0.2) is 51.5 Å². The first kappa shape index (κ1) is 21.8. The number of amides is 1. The molecule has 3 heterocycles. The summed E-state index contributed by atoms with van der Waals surface area (Å²) in [4.78, 5) is 47.6. The highest BCUT2D eigenvalue weighted by molar-refractivity contribution is 7.18. The number of aryl methyl sites for hydroxylation is 2. The van der Waals surface area contributed by atoms with Crippen LogP contribution in [0, 0.1) is 13.8 Å². The highest BCUT2D eigenvalue weighted by Crippen LogP contribution is 2.28. The minimum absolute atomic E-state index is 0.179. The summed E-state index contributed by atoms with van der Waals surface area (Å²) in [5.74, 6) is -0.584. The molecule has 1 amide bonds. The third kappa shape index (κ3) is 4.43. The molecule has 0 radical (unpaired) electrons. The summed E-state index contributed by atoms with van der Waals surface area (Å²) < 4.78 is 5.16. The summed E-state index contributed by atoms with van der Waals surface area (Å²) in [5, 5.41) is 9.30. The van der Waals surface area contributed by atoms with Crippen LogP contribution in [0.15, 0.2) is 29.1 Å². The molecule has 2 aromatic heterocycles. The van der Waals surface area contributed by atoms with Crippen LogP contribution >= 0.6 is 11.3 Å². The third-order valence-electron chi connectivity index (χ3n) is 5.47. The molecule has 2 N–H and O–H groups in total. The lowest BCUT2D eigenvalue weighted by molar-refractivity contribution is -0.139. The number of aromatic nitrogens is 2. The second-order valence-corrected chi connectivity index (χ2v) is 8.89. The molecule has 0 spiro atoms. The summed E-state index contributed by atoms with van der Waals surface area (Å²) in [5.41, 5.74) is 1.66. The van der Waals surface area contributed by atoms with Crippen LogP contribution in [0.3, 0.4) is 0 Å². The fraction of sp³-hybridized carbons (Fsp3) is 0.304. The molecule has 3 aromatic rings. The molecule has 4 rings (SSSR count). The molecule has 1 aliphatic rings. The lowest BCUT2D eigenvalue weighted by atomic mass is 10.1. The SMILES string of the molecule is Cc1sc2nc(/C(=C\c3ccc(OCC(=O)O)cc3)C(=O)N3CCCC3)[nH]c(=O)c2c1C. The molecule has 0 aliphatic carbocycles. The van der Waals surface area contributed by atoms with Crippen molar-refractivity contribution in [2.24, 2.45) is 0 Å². The second-order valence-electron chi connectivity index (χ2n) is 7.69. The minimum Gasteiger partial charge on any atom is -0.482 e. The molecule has 0 bridgehead atoms. The van der Waals surface area contributed by atoms with Gasteiger partial charge in [-0.3, -0.25) is 9.59 Å². The van der Waals surface area contributed by atoms with Gasteiger partial charge >= 0.3 is 5.97 Å². The Bertz CT molecular complexity index is 1270. The van der Waals surface area contributed by atoms with E-state index < -0.39 is 12.6 Å². The Morgan fingerprint density at radius 3 is 2.56 bits per heavy atom. The lowest BCUT2D eigenvalue weighted by Gasteiger charge is -2.17. The Morgan fingerprint density at radius 1 is 1.22 bits per heavy atom. The maximum atomic E-state index is 13.3. The smallest absolute Gasteiger partial charge is 0.341 e. The van der Waals surface area contributed by atoms with Crippen molar-refractivity contribution in [1.82, 2.24) is 14.9 Å². The number of carboxylic acids is 1. The van der Waals surface area contributed by atoms with E-state index in [9.17, 15) is 14.4 Å². The van der Waals surface area contributed by atoms with E-state index in [1.54, 1.807) is 35.2 Å². The maximum absolute atomic E-state index is 13.3. The van der Waals surface area contributed by atoms with Crippen LogP contribution in [-0.2, 0) is 9.59 Å². The Balaban J connectivity index is 1.76. The molecule has 0 saturated carbocycles. The minimum atomic E-state index is -1.06. The van der Waals surface area contributed by atoms with Crippen LogP contribution in [0.5, 0.6) is 5.75 Å². The number of H-pyrrole nitrogens is 1. The maximum Gasteiger partial charge on any atom is 0.341 e. The second kappa shape index (κ2) is 8.96. The lowest BCUT2D eigenvalue weighted by Crippen LogP contribution is -2.29. The van der Waals surface area contributed by atoms with Crippen molar-refractivity contribution < 1.29 is 19.4 Å². The van der Waals surface area contributed by atoms with E-state index in [4.69, 9.17) is 9.84 Å². The van der Waals surface area contributed by atoms with E-state index in [2.05, 4.69) is 9.97 Å². The number of aliphatic carboxylic acids is 1. The van der Waals surface area contributed by atoms with E-state index >= 15 is 0 Å². The van der Waals surface area contributed by atoms with Gasteiger partial charge in [-0.2, -0.15) is 0 Å². The van der Waals surface area contributed by atoms with Gasteiger partial charge < -0.3 is 19.7 Å². The van der Waals surface area contributed by atoms with Gasteiger partial charge in [-0.25, -0.2) is 9.78 Å². The van der Waals surface area contributed by atoms with Crippen molar-refractivity contribution in [3.05, 3.63) is 56.4 Å². The number of likely N-dealkylation sites (tertiary alicyclic amines) is 1. The average Bonchev–Trinajstić information content (AvgIpc) is 3.39. The topological polar surface area (TPSA) is 113 Å². The molecule has 1 aliphatic heterocycles. The normalized spacial score (nSPS) is 14.2. The number of nitrogens with one attached hydrogen (secondary N) is 1. The van der Waals surface area contributed by atoms with E-state index in [0.29, 0.717) is 40.2 Å². The number of hydrogen-bond donors (Lipinski definition) is 2. The largest absolute Gasteiger partial charge is 0.482 e. The standard InChI is InChI=1S/C23H23N3O5S/c1-13-14(2)32-22-19(13)21(29)24-20(25-22)17(23(30)26-9-3-4-10-26)11-15-5-7-16(8-6-15)31-12-18(27)28/h5-8,11H,3-4,9-10,12H2,1-2H3,(H,27,28)(H,24,25,29)/b17-11+. The number of thiophene rings is 1. The molecule has 166 valence electrons. The van der Waals surface area contributed by atoms with Gasteiger partial charge in [0.2, 0.25) is 0 Å². The van der Waals surface area contributed by atoms with Crippen LogP contribution in [0.4, 0.5) is 0 Å². The van der Waals surface area contributed by atoms with Gasteiger partial charge in [-0.05, 0) is 56.0 Å². The predicted molar refractivity (Wildman–Crippen MR) is 123 cm³/mol. The van der Waals surface area contributed by atoms with Crippen LogP contribution in [0.1, 0.15) is 34.7 Å². The van der Waals surface area contributed by atoms with Gasteiger partial charge in [0.25, 0.3) is 11.5 Å². The zero-order valence-corrected chi connectivity index (χ0v) is 18.6.